The van der Waals surface area contributed by atoms with Crippen molar-refractivity contribution < 1.29 is 4.74 Å². The van der Waals surface area contributed by atoms with Gasteiger partial charge in [0.2, 0.25) is 5.88 Å². The molecule has 0 atom stereocenters. The molecule has 0 saturated heterocycles. The van der Waals surface area contributed by atoms with Crippen molar-refractivity contribution in [3.05, 3.63) is 11.8 Å². The highest BCUT2D eigenvalue weighted by Crippen LogP contribution is 2.93. The van der Waals surface area contributed by atoms with E-state index in [1.165, 1.54) is 37.7 Å². The smallest absolute Gasteiger partial charge is 0.235 e. The number of nitrogens with zero attached hydrogens (tertiary/aromatic N) is 1. The Hall–Kier alpha value is -0.990. The molecule has 2 spiro atoms. The Labute approximate surface area is 102 Å². The maximum Gasteiger partial charge on any atom is 0.235 e. The number of ether oxygens (including phenoxy) is 1. The average Bonchev–Trinajstić information content (AvgIpc) is 3.27. The number of rotatable bonds is 5. The summed E-state index contributed by atoms with van der Waals surface area (Å²) in [6, 6.07) is 0. The third-order valence-corrected chi connectivity index (χ3v) is 5.53. The number of hydrogen-bond donors (Lipinski definition) is 1. The second-order valence-electron chi connectivity index (χ2n) is 6.07. The van der Waals surface area contributed by atoms with Gasteiger partial charge in [-0.25, -0.2) is 0 Å². The van der Waals surface area contributed by atoms with Gasteiger partial charge in [-0.1, -0.05) is 6.92 Å². The topological polar surface area (TPSA) is 37.9 Å². The normalized spacial score (nSPS) is 26.4. The summed E-state index contributed by atoms with van der Waals surface area (Å²) in [6.45, 7) is 2.99. The van der Waals surface area contributed by atoms with Crippen LogP contribution < -0.4 is 4.74 Å². The minimum Gasteiger partial charge on any atom is -0.476 e. The lowest BCUT2D eigenvalue weighted by Crippen LogP contribution is -2.01. The molecule has 1 heterocycles. The molecule has 3 aliphatic carbocycles. The fourth-order valence-corrected chi connectivity index (χ4v) is 4.31. The molecule has 3 saturated carbocycles. The van der Waals surface area contributed by atoms with Gasteiger partial charge in [0.05, 0.1) is 6.61 Å². The molecule has 3 aliphatic rings. The summed E-state index contributed by atoms with van der Waals surface area (Å²) in [5, 5.41) is 7.05. The summed E-state index contributed by atoms with van der Waals surface area (Å²) in [5.41, 5.74) is 2.83. The summed E-state index contributed by atoms with van der Waals surface area (Å²) >= 11 is 0. The van der Waals surface area contributed by atoms with Crippen LogP contribution in [0.4, 0.5) is 0 Å². The van der Waals surface area contributed by atoms with Crippen molar-refractivity contribution in [3.8, 4) is 5.88 Å². The highest BCUT2D eigenvalue weighted by molar-refractivity contribution is 5.34. The van der Waals surface area contributed by atoms with Gasteiger partial charge in [0, 0.05) is 11.8 Å². The molecule has 17 heavy (non-hydrogen) atoms. The molecule has 1 aromatic heterocycles. The molecule has 1 N–H and O–H groups in total. The zero-order chi connectivity index (χ0) is 11.5. The van der Waals surface area contributed by atoms with Crippen molar-refractivity contribution in [2.24, 2.45) is 16.7 Å². The van der Waals surface area contributed by atoms with Crippen LogP contribution in [-0.2, 0) is 6.42 Å². The number of aromatic amines is 1. The van der Waals surface area contributed by atoms with E-state index in [0.717, 1.165) is 35.7 Å². The zero-order valence-electron chi connectivity index (χ0n) is 10.5. The van der Waals surface area contributed by atoms with Gasteiger partial charge in [0.25, 0.3) is 0 Å². The maximum atomic E-state index is 5.82. The lowest BCUT2D eigenvalue weighted by molar-refractivity contribution is 0.282. The molecular weight excluding hydrogens is 212 g/mol. The molecule has 3 fully saturated rings. The van der Waals surface area contributed by atoms with Crippen molar-refractivity contribution in [1.82, 2.24) is 10.2 Å². The Bertz CT molecular complexity index is 425. The van der Waals surface area contributed by atoms with Crippen LogP contribution in [0.1, 0.15) is 44.6 Å². The van der Waals surface area contributed by atoms with Gasteiger partial charge in [-0.05, 0) is 55.3 Å². The van der Waals surface area contributed by atoms with E-state index in [1.54, 1.807) is 0 Å². The van der Waals surface area contributed by atoms with Crippen LogP contribution in [0.2, 0.25) is 0 Å². The summed E-state index contributed by atoms with van der Waals surface area (Å²) in [5.74, 6) is 1.81. The monoisotopic (exact) mass is 232 g/mol. The van der Waals surface area contributed by atoms with E-state index in [2.05, 4.69) is 17.1 Å². The summed E-state index contributed by atoms with van der Waals surface area (Å²) < 4.78 is 5.82. The van der Waals surface area contributed by atoms with E-state index in [9.17, 15) is 0 Å². The molecule has 0 radical (unpaired) electrons. The summed E-state index contributed by atoms with van der Waals surface area (Å²) in [4.78, 5) is 0. The quantitative estimate of drug-likeness (QED) is 0.847. The van der Waals surface area contributed by atoms with Gasteiger partial charge in [0.1, 0.15) is 0 Å². The van der Waals surface area contributed by atoms with Crippen molar-refractivity contribution in [2.45, 2.75) is 45.4 Å². The molecule has 0 aromatic carbocycles. The molecule has 0 amide bonds. The number of H-pyrrole nitrogens is 1. The fraction of sp³-hybridized carbons (Fsp3) is 0.786. The van der Waals surface area contributed by atoms with E-state index in [4.69, 9.17) is 4.74 Å². The van der Waals surface area contributed by atoms with E-state index < -0.39 is 0 Å². The predicted octanol–water partition coefficient (Wildman–Crippen LogP) is 2.93. The highest BCUT2D eigenvalue weighted by atomic mass is 16.5. The van der Waals surface area contributed by atoms with Gasteiger partial charge in [-0.15, -0.1) is 5.10 Å². The first-order valence-corrected chi connectivity index (χ1v) is 6.98. The maximum absolute atomic E-state index is 5.82. The average molecular weight is 232 g/mol. The van der Waals surface area contributed by atoms with E-state index in [-0.39, 0.29) is 0 Å². The van der Waals surface area contributed by atoms with Crippen LogP contribution in [0.15, 0.2) is 6.20 Å². The summed E-state index contributed by atoms with van der Waals surface area (Å²) in [6.07, 6.45) is 10.2. The first-order valence-electron chi connectivity index (χ1n) is 6.98. The van der Waals surface area contributed by atoms with Crippen molar-refractivity contribution in [3.63, 3.8) is 0 Å². The number of nitrogens with one attached hydrogen (secondary N) is 1. The molecule has 92 valence electrons. The van der Waals surface area contributed by atoms with E-state index in [1.807, 2.05) is 6.20 Å². The highest BCUT2D eigenvalue weighted by Gasteiger charge is 2.85. The van der Waals surface area contributed by atoms with Crippen LogP contribution in [0.5, 0.6) is 5.88 Å². The minimum atomic E-state index is 0.815. The van der Waals surface area contributed by atoms with Crippen LogP contribution in [0, 0.1) is 16.7 Å². The Morgan fingerprint density at radius 1 is 1.35 bits per heavy atom. The third-order valence-electron chi connectivity index (χ3n) is 5.53. The lowest BCUT2D eigenvalue weighted by atomic mass is 10.2. The number of fused-ring (bicyclic) bond motifs is 1. The first kappa shape index (κ1) is 9.98. The molecule has 4 rings (SSSR count). The first-order chi connectivity index (χ1) is 8.32. The van der Waals surface area contributed by atoms with Crippen molar-refractivity contribution in [1.29, 1.82) is 0 Å². The number of aromatic nitrogens is 2. The van der Waals surface area contributed by atoms with Crippen LogP contribution in [-0.4, -0.2) is 16.8 Å². The van der Waals surface area contributed by atoms with Crippen LogP contribution in [0.3, 0.4) is 0 Å². The van der Waals surface area contributed by atoms with Gasteiger partial charge >= 0.3 is 0 Å². The van der Waals surface area contributed by atoms with E-state index in [0.29, 0.717) is 0 Å². The molecule has 3 heteroatoms. The molecular formula is C14H20N2O. The summed E-state index contributed by atoms with van der Waals surface area (Å²) in [7, 11) is 0. The zero-order valence-corrected chi connectivity index (χ0v) is 10.5. The largest absolute Gasteiger partial charge is 0.476 e. The molecule has 0 bridgehead atoms. The third kappa shape index (κ3) is 1.20. The SMILES string of the molecule is CCc1c[nH]nc1OCCC1C2(CC2)C12CC2. The fourth-order valence-electron chi connectivity index (χ4n) is 4.31. The Balaban J connectivity index is 1.32. The standard InChI is InChI=1S/C14H20N2O/c1-2-10-9-15-16-12(10)17-8-3-11-13(4-5-13)14(11)6-7-14/h9,11H,2-8H2,1H3,(H,15,16). The predicted molar refractivity (Wildman–Crippen MR) is 64.9 cm³/mol. The molecule has 1 aromatic rings. The number of hydrogen-bond acceptors (Lipinski definition) is 2. The van der Waals surface area contributed by atoms with E-state index >= 15 is 0 Å². The Morgan fingerprint density at radius 3 is 2.65 bits per heavy atom. The van der Waals surface area contributed by atoms with Gasteiger partial charge in [-0.3, -0.25) is 5.10 Å². The van der Waals surface area contributed by atoms with Crippen LogP contribution in [0.25, 0.3) is 0 Å². The van der Waals surface area contributed by atoms with Crippen LogP contribution >= 0.6 is 0 Å². The second kappa shape index (κ2) is 3.06. The lowest BCUT2D eigenvalue weighted by Gasteiger charge is -2.04. The number of aryl methyl sites for hydroxylation is 1. The minimum absolute atomic E-state index is 0.815. The second-order valence-corrected chi connectivity index (χ2v) is 6.07. The van der Waals surface area contributed by atoms with Gasteiger partial charge in [0.15, 0.2) is 0 Å². The van der Waals surface area contributed by atoms with Gasteiger partial charge in [-0.2, -0.15) is 0 Å². The van der Waals surface area contributed by atoms with Crippen molar-refractivity contribution >= 4 is 0 Å². The molecule has 3 nitrogen and oxygen atoms in total. The molecule has 0 unspecified atom stereocenters. The van der Waals surface area contributed by atoms with Gasteiger partial charge < -0.3 is 4.74 Å². The molecule has 0 aliphatic heterocycles. The van der Waals surface area contributed by atoms with Crippen molar-refractivity contribution in [2.75, 3.05) is 6.61 Å². The Morgan fingerprint density at radius 2 is 2.06 bits per heavy atom. The Kier molecular flexibility index (Phi) is 1.80.